The van der Waals surface area contributed by atoms with E-state index in [1.54, 1.807) is 12.1 Å². The first kappa shape index (κ1) is 14.4. The molecular weight excluding hydrogens is 235 g/mol. The standard InChI is InChI=1S/C13H19FN2O2/c1-9(2)16-13(17)6-7-18-12-5-3-4-11(14)10(12)8-15/h3-5,9H,6-8,15H2,1-2H3,(H,16,17). The van der Waals surface area contributed by atoms with Gasteiger partial charge in [0.25, 0.3) is 0 Å². The predicted octanol–water partition coefficient (Wildman–Crippen LogP) is 1.58. The van der Waals surface area contributed by atoms with Crippen LogP contribution in [0.4, 0.5) is 4.39 Å². The number of rotatable bonds is 6. The van der Waals surface area contributed by atoms with Gasteiger partial charge in [0.05, 0.1) is 13.0 Å². The van der Waals surface area contributed by atoms with E-state index in [4.69, 9.17) is 10.5 Å². The zero-order chi connectivity index (χ0) is 13.5. The lowest BCUT2D eigenvalue weighted by molar-refractivity contribution is -0.122. The summed E-state index contributed by atoms with van der Waals surface area (Å²) in [5.41, 5.74) is 5.78. The predicted molar refractivity (Wildman–Crippen MR) is 67.7 cm³/mol. The Morgan fingerprint density at radius 3 is 2.83 bits per heavy atom. The SMILES string of the molecule is CC(C)NC(=O)CCOc1cccc(F)c1CN. The molecule has 0 saturated carbocycles. The maximum Gasteiger partial charge on any atom is 0.223 e. The fraction of sp³-hybridized carbons (Fsp3) is 0.462. The zero-order valence-corrected chi connectivity index (χ0v) is 10.7. The highest BCUT2D eigenvalue weighted by molar-refractivity contribution is 5.76. The van der Waals surface area contributed by atoms with Crippen molar-refractivity contribution in [2.45, 2.75) is 32.9 Å². The third kappa shape index (κ3) is 4.33. The Labute approximate surface area is 106 Å². The van der Waals surface area contributed by atoms with Gasteiger partial charge < -0.3 is 15.8 Å². The molecule has 4 nitrogen and oxygen atoms in total. The van der Waals surface area contributed by atoms with Crippen molar-refractivity contribution in [3.8, 4) is 5.75 Å². The highest BCUT2D eigenvalue weighted by atomic mass is 19.1. The van der Waals surface area contributed by atoms with Crippen LogP contribution in [0, 0.1) is 5.82 Å². The number of benzene rings is 1. The van der Waals surface area contributed by atoms with E-state index >= 15 is 0 Å². The molecule has 1 aromatic carbocycles. The fourth-order valence-corrected chi connectivity index (χ4v) is 1.52. The van der Waals surface area contributed by atoms with E-state index < -0.39 is 0 Å². The van der Waals surface area contributed by atoms with Crippen molar-refractivity contribution in [3.05, 3.63) is 29.6 Å². The largest absolute Gasteiger partial charge is 0.493 e. The number of ether oxygens (including phenoxy) is 1. The van der Waals surface area contributed by atoms with Gasteiger partial charge in [-0.05, 0) is 26.0 Å². The van der Waals surface area contributed by atoms with Crippen LogP contribution >= 0.6 is 0 Å². The van der Waals surface area contributed by atoms with Crippen LogP contribution in [0.15, 0.2) is 18.2 Å². The van der Waals surface area contributed by atoms with E-state index in [-0.39, 0.29) is 37.3 Å². The van der Waals surface area contributed by atoms with Gasteiger partial charge in [-0.25, -0.2) is 4.39 Å². The van der Waals surface area contributed by atoms with Crippen molar-refractivity contribution >= 4 is 5.91 Å². The Hall–Kier alpha value is -1.62. The molecule has 0 radical (unpaired) electrons. The van der Waals surface area contributed by atoms with Gasteiger partial charge in [0.15, 0.2) is 0 Å². The number of carbonyl (C=O) groups is 1. The van der Waals surface area contributed by atoms with E-state index in [0.717, 1.165) is 0 Å². The van der Waals surface area contributed by atoms with Crippen LogP contribution in [-0.2, 0) is 11.3 Å². The summed E-state index contributed by atoms with van der Waals surface area (Å²) in [5.74, 6) is -0.0767. The van der Waals surface area contributed by atoms with Gasteiger partial charge in [-0.2, -0.15) is 0 Å². The molecule has 0 saturated heterocycles. The Morgan fingerprint density at radius 2 is 2.22 bits per heavy atom. The van der Waals surface area contributed by atoms with Crippen LogP contribution in [0.5, 0.6) is 5.75 Å². The number of nitrogens with one attached hydrogen (secondary N) is 1. The van der Waals surface area contributed by atoms with Crippen molar-refractivity contribution < 1.29 is 13.9 Å². The summed E-state index contributed by atoms with van der Waals surface area (Å²) < 4.78 is 18.7. The third-order valence-electron chi connectivity index (χ3n) is 2.32. The molecule has 1 amide bonds. The van der Waals surface area contributed by atoms with Gasteiger partial charge in [-0.3, -0.25) is 4.79 Å². The lowest BCUT2D eigenvalue weighted by Gasteiger charge is -2.12. The van der Waals surface area contributed by atoms with Crippen LogP contribution in [0.2, 0.25) is 0 Å². The smallest absolute Gasteiger partial charge is 0.223 e. The Bertz CT molecular complexity index is 408. The summed E-state index contributed by atoms with van der Waals surface area (Å²) >= 11 is 0. The molecule has 1 rings (SSSR count). The maximum atomic E-state index is 13.4. The molecule has 5 heteroatoms. The number of nitrogens with two attached hydrogens (primary N) is 1. The van der Waals surface area contributed by atoms with Crippen molar-refractivity contribution in [2.75, 3.05) is 6.61 Å². The summed E-state index contributed by atoms with van der Waals surface area (Å²) in [7, 11) is 0. The first-order chi connectivity index (χ1) is 8.54. The normalized spacial score (nSPS) is 10.5. The molecule has 0 aliphatic heterocycles. The maximum absolute atomic E-state index is 13.4. The van der Waals surface area contributed by atoms with E-state index in [1.165, 1.54) is 6.07 Å². The van der Waals surface area contributed by atoms with Crippen molar-refractivity contribution in [3.63, 3.8) is 0 Å². The number of hydrogen-bond acceptors (Lipinski definition) is 3. The average Bonchev–Trinajstić information content (AvgIpc) is 2.28. The molecule has 0 unspecified atom stereocenters. The van der Waals surface area contributed by atoms with Crippen LogP contribution in [0.1, 0.15) is 25.8 Å². The summed E-state index contributed by atoms with van der Waals surface area (Å²) in [6.45, 7) is 4.05. The summed E-state index contributed by atoms with van der Waals surface area (Å²) in [6.07, 6.45) is 0.235. The molecule has 0 spiro atoms. The molecular formula is C13H19FN2O2. The van der Waals surface area contributed by atoms with Gasteiger partial charge in [-0.15, -0.1) is 0 Å². The quantitative estimate of drug-likeness (QED) is 0.810. The van der Waals surface area contributed by atoms with Gasteiger partial charge in [0.1, 0.15) is 11.6 Å². The molecule has 18 heavy (non-hydrogen) atoms. The highest BCUT2D eigenvalue weighted by Crippen LogP contribution is 2.20. The minimum absolute atomic E-state index is 0.0696. The van der Waals surface area contributed by atoms with Crippen molar-refractivity contribution in [1.29, 1.82) is 0 Å². The minimum Gasteiger partial charge on any atom is -0.493 e. The number of carbonyl (C=O) groups excluding carboxylic acids is 1. The van der Waals surface area contributed by atoms with Crippen LogP contribution < -0.4 is 15.8 Å². The monoisotopic (exact) mass is 254 g/mol. The minimum atomic E-state index is -0.387. The third-order valence-corrected chi connectivity index (χ3v) is 2.32. The van der Waals surface area contributed by atoms with Crippen LogP contribution in [-0.4, -0.2) is 18.6 Å². The van der Waals surface area contributed by atoms with Gasteiger partial charge in [0, 0.05) is 18.2 Å². The van der Waals surface area contributed by atoms with Gasteiger partial charge in [-0.1, -0.05) is 6.07 Å². The Kier molecular flexibility index (Phi) is 5.58. The fourth-order valence-electron chi connectivity index (χ4n) is 1.52. The van der Waals surface area contributed by atoms with E-state index in [0.29, 0.717) is 11.3 Å². The van der Waals surface area contributed by atoms with Crippen LogP contribution in [0.25, 0.3) is 0 Å². The number of amides is 1. The molecule has 100 valence electrons. The molecule has 3 N–H and O–H groups in total. The molecule has 0 fully saturated rings. The Balaban J connectivity index is 2.49. The lowest BCUT2D eigenvalue weighted by Crippen LogP contribution is -2.31. The second-order valence-corrected chi connectivity index (χ2v) is 4.24. The summed E-state index contributed by atoms with van der Waals surface area (Å²) in [5, 5.41) is 2.75. The van der Waals surface area contributed by atoms with E-state index in [2.05, 4.69) is 5.32 Å². The first-order valence-corrected chi connectivity index (χ1v) is 5.94. The molecule has 0 aliphatic rings. The molecule has 0 atom stereocenters. The second-order valence-electron chi connectivity index (χ2n) is 4.24. The molecule has 0 bridgehead atoms. The number of hydrogen-bond donors (Lipinski definition) is 2. The molecule has 1 aromatic rings. The summed E-state index contributed by atoms with van der Waals surface area (Å²) in [4.78, 5) is 11.4. The second kappa shape index (κ2) is 6.96. The van der Waals surface area contributed by atoms with E-state index in [1.807, 2.05) is 13.8 Å². The van der Waals surface area contributed by atoms with Crippen molar-refractivity contribution in [1.82, 2.24) is 5.32 Å². The Morgan fingerprint density at radius 1 is 1.50 bits per heavy atom. The molecule has 0 aliphatic carbocycles. The highest BCUT2D eigenvalue weighted by Gasteiger charge is 2.09. The molecule has 0 aromatic heterocycles. The molecule has 0 heterocycles. The van der Waals surface area contributed by atoms with Crippen LogP contribution in [0.3, 0.4) is 0 Å². The summed E-state index contributed by atoms with van der Waals surface area (Å²) in [6, 6.07) is 4.63. The topological polar surface area (TPSA) is 64.3 Å². The average molecular weight is 254 g/mol. The zero-order valence-electron chi connectivity index (χ0n) is 10.7. The van der Waals surface area contributed by atoms with Crippen molar-refractivity contribution in [2.24, 2.45) is 5.73 Å². The first-order valence-electron chi connectivity index (χ1n) is 5.94. The van der Waals surface area contributed by atoms with Gasteiger partial charge >= 0.3 is 0 Å². The van der Waals surface area contributed by atoms with Gasteiger partial charge in [0.2, 0.25) is 5.91 Å². The van der Waals surface area contributed by atoms with E-state index in [9.17, 15) is 9.18 Å². The number of halogens is 1. The lowest BCUT2D eigenvalue weighted by atomic mass is 10.2.